The quantitative estimate of drug-likeness (QED) is 0.795. The first-order valence-electron chi connectivity index (χ1n) is 6.59. The Bertz CT molecular complexity index is 812. The molecule has 0 spiro atoms. The number of carbonyl (C=O) groups excluding carboxylic acids is 1. The SMILES string of the molecule is Cc1noc(-c2ccc(C(=O)Nc3cccc(Cl)c3)cc2)n1. The fourth-order valence-electron chi connectivity index (χ4n) is 1.95. The Morgan fingerprint density at radius 3 is 2.59 bits per heavy atom. The summed E-state index contributed by atoms with van der Waals surface area (Å²) in [5, 5.41) is 7.09. The maximum atomic E-state index is 12.2. The Labute approximate surface area is 131 Å². The van der Waals surface area contributed by atoms with Crippen molar-refractivity contribution in [2.45, 2.75) is 6.92 Å². The highest BCUT2D eigenvalue weighted by molar-refractivity contribution is 6.30. The number of aryl methyl sites for hydroxylation is 1. The Kier molecular flexibility index (Phi) is 3.89. The zero-order valence-electron chi connectivity index (χ0n) is 11.7. The van der Waals surface area contributed by atoms with Crippen molar-refractivity contribution >= 4 is 23.2 Å². The molecule has 0 radical (unpaired) electrons. The third-order valence-electron chi connectivity index (χ3n) is 3.00. The normalized spacial score (nSPS) is 10.5. The molecule has 1 N–H and O–H groups in total. The topological polar surface area (TPSA) is 68.0 Å². The summed E-state index contributed by atoms with van der Waals surface area (Å²) in [5.41, 5.74) is 1.94. The van der Waals surface area contributed by atoms with Gasteiger partial charge in [0.2, 0.25) is 0 Å². The summed E-state index contributed by atoms with van der Waals surface area (Å²) >= 11 is 5.89. The van der Waals surface area contributed by atoms with E-state index in [1.807, 2.05) is 0 Å². The Hall–Kier alpha value is -2.66. The van der Waals surface area contributed by atoms with Crippen LogP contribution in [0.15, 0.2) is 53.1 Å². The number of carbonyl (C=O) groups is 1. The molecule has 1 amide bonds. The van der Waals surface area contributed by atoms with Crippen LogP contribution in [0.1, 0.15) is 16.2 Å². The molecule has 3 aromatic rings. The average molecular weight is 314 g/mol. The Morgan fingerprint density at radius 2 is 1.95 bits per heavy atom. The van der Waals surface area contributed by atoms with E-state index in [4.69, 9.17) is 16.1 Å². The summed E-state index contributed by atoms with van der Waals surface area (Å²) in [6, 6.07) is 13.9. The van der Waals surface area contributed by atoms with E-state index in [1.54, 1.807) is 55.5 Å². The van der Waals surface area contributed by atoms with Gasteiger partial charge in [-0.1, -0.05) is 22.8 Å². The van der Waals surface area contributed by atoms with E-state index in [9.17, 15) is 4.79 Å². The second-order valence-corrected chi connectivity index (χ2v) is 5.13. The Morgan fingerprint density at radius 1 is 1.18 bits per heavy atom. The molecular weight excluding hydrogens is 302 g/mol. The van der Waals surface area contributed by atoms with Crippen LogP contribution < -0.4 is 5.32 Å². The molecule has 5 nitrogen and oxygen atoms in total. The molecule has 1 aromatic heterocycles. The standard InChI is InChI=1S/C16H12ClN3O2/c1-10-18-16(22-20-10)12-7-5-11(6-8-12)15(21)19-14-4-2-3-13(17)9-14/h2-9H,1H3,(H,19,21). The molecule has 0 unspecified atom stereocenters. The van der Waals surface area contributed by atoms with Gasteiger partial charge in [0.05, 0.1) is 0 Å². The van der Waals surface area contributed by atoms with Crippen molar-refractivity contribution in [1.82, 2.24) is 10.1 Å². The molecule has 0 saturated carbocycles. The molecule has 0 saturated heterocycles. The monoisotopic (exact) mass is 313 g/mol. The number of halogens is 1. The van der Waals surface area contributed by atoms with Gasteiger partial charge in [-0.3, -0.25) is 4.79 Å². The number of amides is 1. The number of nitrogens with zero attached hydrogens (tertiary/aromatic N) is 2. The summed E-state index contributed by atoms with van der Waals surface area (Å²) in [6.07, 6.45) is 0. The minimum atomic E-state index is -0.212. The summed E-state index contributed by atoms with van der Waals surface area (Å²) in [6.45, 7) is 1.75. The largest absolute Gasteiger partial charge is 0.334 e. The van der Waals surface area contributed by atoms with E-state index >= 15 is 0 Å². The summed E-state index contributed by atoms with van der Waals surface area (Å²) in [4.78, 5) is 16.3. The van der Waals surface area contributed by atoms with Crippen LogP contribution >= 0.6 is 11.6 Å². The number of benzene rings is 2. The minimum absolute atomic E-state index is 0.212. The average Bonchev–Trinajstić information content (AvgIpc) is 2.94. The zero-order valence-corrected chi connectivity index (χ0v) is 12.5. The third-order valence-corrected chi connectivity index (χ3v) is 3.24. The van der Waals surface area contributed by atoms with Crippen LogP contribution in [-0.4, -0.2) is 16.0 Å². The van der Waals surface area contributed by atoms with E-state index in [0.29, 0.717) is 28.0 Å². The lowest BCUT2D eigenvalue weighted by atomic mass is 10.1. The molecule has 2 aromatic carbocycles. The smallest absolute Gasteiger partial charge is 0.257 e. The molecule has 0 bridgehead atoms. The van der Waals surface area contributed by atoms with Gasteiger partial charge in [0.25, 0.3) is 11.8 Å². The van der Waals surface area contributed by atoms with Crippen LogP contribution in [0.25, 0.3) is 11.5 Å². The van der Waals surface area contributed by atoms with Gasteiger partial charge in [-0.25, -0.2) is 0 Å². The summed E-state index contributed by atoms with van der Waals surface area (Å²) in [7, 11) is 0. The first-order chi connectivity index (χ1) is 10.6. The van der Waals surface area contributed by atoms with E-state index in [1.165, 1.54) is 0 Å². The number of aromatic nitrogens is 2. The van der Waals surface area contributed by atoms with Gasteiger partial charge >= 0.3 is 0 Å². The lowest BCUT2D eigenvalue weighted by molar-refractivity contribution is 0.102. The van der Waals surface area contributed by atoms with Crippen LogP contribution in [0.2, 0.25) is 5.02 Å². The van der Waals surface area contributed by atoms with E-state index in [-0.39, 0.29) is 5.91 Å². The van der Waals surface area contributed by atoms with Gasteiger partial charge in [0, 0.05) is 21.8 Å². The predicted octanol–water partition coefficient (Wildman–Crippen LogP) is 3.95. The van der Waals surface area contributed by atoms with Crippen molar-refractivity contribution in [3.05, 3.63) is 64.9 Å². The van der Waals surface area contributed by atoms with E-state index in [2.05, 4.69) is 15.5 Å². The first kappa shape index (κ1) is 14.3. The van der Waals surface area contributed by atoms with Crippen molar-refractivity contribution in [2.75, 3.05) is 5.32 Å². The number of rotatable bonds is 3. The van der Waals surface area contributed by atoms with Gasteiger partial charge in [0.15, 0.2) is 5.82 Å². The van der Waals surface area contributed by atoms with Crippen molar-refractivity contribution in [1.29, 1.82) is 0 Å². The predicted molar refractivity (Wildman–Crippen MR) is 83.9 cm³/mol. The number of hydrogen-bond donors (Lipinski definition) is 1. The molecule has 0 aliphatic heterocycles. The third kappa shape index (κ3) is 3.15. The van der Waals surface area contributed by atoms with Gasteiger partial charge < -0.3 is 9.84 Å². The number of nitrogens with one attached hydrogen (secondary N) is 1. The van der Waals surface area contributed by atoms with Crippen molar-refractivity contribution in [2.24, 2.45) is 0 Å². The van der Waals surface area contributed by atoms with Gasteiger partial charge in [-0.2, -0.15) is 4.98 Å². The van der Waals surface area contributed by atoms with Crippen molar-refractivity contribution in [3.63, 3.8) is 0 Å². The van der Waals surface area contributed by atoms with Crippen LogP contribution in [-0.2, 0) is 0 Å². The lowest BCUT2D eigenvalue weighted by Crippen LogP contribution is -2.11. The van der Waals surface area contributed by atoms with E-state index in [0.717, 1.165) is 5.56 Å². The maximum Gasteiger partial charge on any atom is 0.257 e. The minimum Gasteiger partial charge on any atom is -0.334 e. The zero-order chi connectivity index (χ0) is 15.5. The molecule has 110 valence electrons. The molecule has 0 aliphatic carbocycles. The second-order valence-electron chi connectivity index (χ2n) is 4.69. The van der Waals surface area contributed by atoms with Crippen molar-refractivity contribution < 1.29 is 9.32 Å². The molecule has 0 fully saturated rings. The highest BCUT2D eigenvalue weighted by Gasteiger charge is 2.09. The number of hydrogen-bond acceptors (Lipinski definition) is 4. The molecule has 6 heteroatoms. The lowest BCUT2D eigenvalue weighted by Gasteiger charge is -2.05. The van der Waals surface area contributed by atoms with Crippen LogP contribution in [0.3, 0.4) is 0 Å². The molecule has 22 heavy (non-hydrogen) atoms. The molecule has 0 atom stereocenters. The highest BCUT2D eigenvalue weighted by Crippen LogP contribution is 2.19. The molecular formula is C16H12ClN3O2. The van der Waals surface area contributed by atoms with Gasteiger partial charge in [-0.15, -0.1) is 0 Å². The summed E-state index contributed by atoms with van der Waals surface area (Å²) < 4.78 is 5.08. The van der Waals surface area contributed by atoms with Gasteiger partial charge in [0.1, 0.15) is 0 Å². The van der Waals surface area contributed by atoms with Crippen molar-refractivity contribution in [3.8, 4) is 11.5 Å². The van der Waals surface area contributed by atoms with Crippen LogP contribution in [0.5, 0.6) is 0 Å². The molecule has 3 rings (SSSR count). The fourth-order valence-corrected chi connectivity index (χ4v) is 2.14. The number of anilines is 1. The maximum absolute atomic E-state index is 12.2. The first-order valence-corrected chi connectivity index (χ1v) is 6.97. The van der Waals surface area contributed by atoms with Crippen LogP contribution in [0, 0.1) is 6.92 Å². The second kappa shape index (κ2) is 5.99. The molecule has 1 heterocycles. The van der Waals surface area contributed by atoms with E-state index < -0.39 is 0 Å². The Balaban J connectivity index is 1.76. The highest BCUT2D eigenvalue weighted by atomic mass is 35.5. The van der Waals surface area contributed by atoms with Gasteiger partial charge in [-0.05, 0) is 49.4 Å². The van der Waals surface area contributed by atoms with Crippen LogP contribution in [0.4, 0.5) is 5.69 Å². The molecule has 0 aliphatic rings. The summed E-state index contributed by atoms with van der Waals surface area (Å²) in [5.74, 6) is 0.785. The fraction of sp³-hybridized carbons (Fsp3) is 0.0625.